The summed E-state index contributed by atoms with van der Waals surface area (Å²) < 4.78 is 5.20. The second-order valence-corrected chi connectivity index (χ2v) is 9.78. The van der Waals surface area contributed by atoms with E-state index < -0.39 is 35.9 Å². The number of halogens is 2. The fraction of sp³-hybridized carbons (Fsp3) is 0.200. The molecule has 1 saturated heterocycles. The minimum Gasteiger partial charge on any atom is -0.462 e. The first kappa shape index (κ1) is 25.7. The fourth-order valence-corrected chi connectivity index (χ4v) is 5.19. The summed E-state index contributed by atoms with van der Waals surface area (Å²) in [6, 6.07) is 12.8. The summed E-state index contributed by atoms with van der Waals surface area (Å²) in [5.41, 5.74) is 0.432. The molecule has 1 fully saturated rings. The van der Waals surface area contributed by atoms with Gasteiger partial charge < -0.3 is 15.4 Å². The molecular weight excluding hydrogens is 525 g/mol. The van der Waals surface area contributed by atoms with Crippen LogP contribution in [-0.4, -0.2) is 41.9 Å². The van der Waals surface area contributed by atoms with Crippen LogP contribution in [0, 0.1) is 0 Å². The Bertz CT molecular complexity index is 1360. The van der Waals surface area contributed by atoms with Crippen LogP contribution < -0.4 is 10.6 Å². The number of ether oxygens (including phenoxy) is 1. The first-order chi connectivity index (χ1) is 17.2. The second-order valence-electron chi connectivity index (χ2n) is 8.06. The maximum Gasteiger partial charge on any atom is 0.341 e. The minimum atomic E-state index is -1.35. The lowest BCUT2D eigenvalue weighted by Crippen LogP contribution is -2.42. The molecule has 186 valence electrons. The number of amides is 4. The maximum atomic E-state index is 13.1. The Labute approximate surface area is 221 Å². The summed E-state index contributed by atoms with van der Waals surface area (Å²) in [7, 11) is 0. The zero-order valence-corrected chi connectivity index (χ0v) is 21.6. The molecule has 0 spiro atoms. The molecule has 36 heavy (non-hydrogen) atoms. The summed E-state index contributed by atoms with van der Waals surface area (Å²) in [6.45, 7) is 2.82. The molecule has 11 heteroatoms. The molecule has 1 atom stereocenters. The van der Waals surface area contributed by atoms with Crippen LogP contribution in [0.2, 0.25) is 10.0 Å². The van der Waals surface area contributed by atoms with Gasteiger partial charge in [-0.25, -0.2) is 9.59 Å². The van der Waals surface area contributed by atoms with Gasteiger partial charge in [-0.1, -0.05) is 53.5 Å². The Morgan fingerprint density at radius 3 is 2.44 bits per heavy atom. The van der Waals surface area contributed by atoms with Crippen LogP contribution in [-0.2, 0) is 19.9 Å². The number of nitrogens with one attached hydrogen (secondary N) is 2. The van der Waals surface area contributed by atoms with E-state index in [2.05, 4.69) is 10.6 Å². The smallest absolute Gasteiger partial charge is 0.341 e. The molecule has 2 heterocycles. The molecule has 0 bridgehead atoms. The van der Waals surface area contributed by atoms with Gasteiger partial charge in [0.15, 0.2) is 0 Å². The van der Waals surface area contributed by atoms with Gasteiger partial charge in [-0.2, -0.15) is 0 Å². The number of rotatable bonds is 7. The van der Waals surface area contributed by atoms with Gasteiger partial charge in [0.05, 0.1) is 6.61 Å². The van der Waals surface area contributed by atoms with Crippen LogP contribution in [0.3, 0.4) is 0 Å². The summed E-state index contributed by atoms with van der Waals surface area (Å²) in [4.78, 5) is 52.3. The van der Waals surface area contributed by atoms with E-state index in [0.29, 0.717) is 26.7 Å². The molecule has 8 nitrogen and oxygen atoms in total. The molecule has 2 aromatic carbocycles. The van der Waals surface area contributed by atoms with E-state index in [1.165, 1.54) is 0 Å². The Kier molecular flexibility index (Phi) is 7.35. The first-order valence-corrected chi connectivity index (χ1v) is 12.5. The Morgan fingerprint density at radius 1 is 1.08 bits per heavy atom. The monoisotopic (exact) mass is 545 g/mol. The van der Waals surface area contributed by atoms with Crippen molar-refractivity contribution in [2.45, 2.75) is 19.4 Å². The third-order valence-corrected chi connectivity index (χ3v) is 7.16. The zero-order valence-electron chi connectivity index (χ0n) is 19.3. The number of thiophene rings is 1. The second kappa shape index (κ2) is 10.3. The lowest BCUT2D eigenvalue weighted by atomic mass is 9.92. The van der Waals surface area contributed by atoms with Crippen molar-refractivity contribution in [1.29, 1.82) is 0 Å². The average molecular weight is 546 g/mol. The highest BCUT2D eigenvalue weighted by Crippen LogP contribution is 2.39. The van der Waals surface area contributed by atoms with Crippen molar-refractivity contribution in [3.63, 3.8) is 0 Å². The van der Waals surface area contributed by atoms with Crippen molar-refractivity contribution in [3.8, 4) is 11.1 Å². The average Bonchev–Trinajstić information content (AvgIpc) is 3.34. The summed E-state index contributed by atoms with van der Waals surface area (Å²) in [6.07, 6.45) is 0. The lowest BCUT2D eigenvalue weighted by molar-refractivity contribution is -0.133. The van der Waals surface area contributed by atoms with Gasteiger partial charge in [0.2, 0.25) is 5.91 Å². The van der Waals surface area contributed by atoms with Crippen LogP contribution in [0.1, 0.15) is 29.8 Å². The molecule has 4 amide bonds. The van der Waals surface area contributed by atoms with Gasteiger partial charge in [-0.3, -0.25) is 14.5 Å². The van der Waals surface area contributed by atoms with Crippen LogP contribution in [0.25, 0.3) is 11.1 Å². The van der Waals surface area contributed by atoms with E-state index in [1.807, 2.05) is 0 Å². The molecule has 1 aliphatic heterocycles. The normalized spacial score (nSPS) is 17.2. The topological polar surface area (TPSA) is 105 Å². The van der Waals surface area contributed by atoms with Crippen molar-refractivity contribution in [1.82, 2.24) is 10.2 Å². The SMILES string of the molecule is CCOC(=O)c1c(-c2ccccc2Cl)csc1NC(=O)CN1C(=O)N[C@](C)(c2ccc(Cl)cc2)C1=O. The number of imide groups is 1. The molecule has 0 aliphatic carbocycles. The van der Waals surface area contributed by atoms with E-state index >= 15 is 0 Å². The molecule has 0 saturated carbocycles. The molecule has 0 unspecified atom stereocenters. The van der Waals surface area contributed by atoms with Gasteiger partial charge in [-0.15, -0.1) is 11.3 Å². The molecule has 1 aliphatic rings. The van der Waals surface area contributed by atoms with Gasteiger partial charge in [0.1, 0.15) is 22.6 Å². The Hall–Kier alpha value is -3.40. The number of nitrogens with zero attached hydrogens (tertiary/aromatic N) is 1. The fourth-order valence-electron chi connectivity index (χ4n) is 3.86. The highest BCUT2D eigenvalue weighted by Gasteiger charge is 2.49. The predicted molar refractivity (Wildman–Crippen MR) is 138 cm³/mol. The van der Waals surface area contributed by atoms with Crippen LogP contribution in [0.4, 0.5) is 9.80 Å². The highest BCUT2D eigenvalue weighted by molar-refractivity contribution is 7.15. The first-order valence-electron chi connectivity index (χ1n) is 10.9. The number of urea groups is 1. The van der Waals surface area contributed by atoms with E-state index in [1.54, 1.807) is 67.8 Å². The number of carbonyl (C=O) groups excluding carboxylic acids is 4. The van der Waals surface area contributed by atoms with Gasteiger partial charge in [-0.05, 0) is 37.6 Å². The van der Waals surface area contributed by atoms with Crippen LogP contribution >= 0.6 is 34.5 Å². The largest absolute Gasteiger partial charge is 0.462 e. The zero-order chi connectivity index (χ0) is 26.0. The van der Waals surface area contributed by atoms with Crippen molar-refractivity contribution < 1.29 is 23.9 Å². The van der Waals surface area contributed by atoms with E-state index in [4.69, 9.17) is 27.9 Å². The van der Waals surface area contributed by atoms with Crippen LogP contribution in [0.5, 0.6) is 0 Å². The summed E-state index contributed by atoms with van der Waals surface area (Å²) in [5, 5.41) is 8.12. The molecule has 1 aromatic heterocycles. The number of carbonyl (C=O) groups is 4. The standard InChI is InChI=1S/C25H21Cl2N3O5S/c1-3-35-22(32)20-17(16-6-4-5-7-18(16)27)13-36-21(20)28-19(31)12-30-23(33)25(2,29-24(30)34)14-8-10-15(26)11-9-14/h4-11,13H,3,12H2,1-2H3,(H,28,31)(H,29,34)/t25-/m1/s1. The summed E-state index contributed by atoms with van der Waals surface area (Å²) >= 11 is 13.4. The van der Waals surface area contributed by atoms with Crippen molar-refractivity contribution in [2.75, 3.05) is 18.5 Å². The number of benzene rings is 2. The Balaban J connectivity index is 1.57. The van der Waals surface area contributed by atoms with Crippen molar-refractivity contribution in [2.24, 2.45) is 0 Å². The number of hydrogen-bond donors (Lipinski definition) is 2. The molecule has 4 rings (SSSR count). The van der Waals surface area contributed by atoms with E-state index in [0.717, 1.165) is 16.2 Å². The van der Waals surface area contributed by atoms with Crippen molar-refractivity contribution in [3.05, 3.63) is 75.1 Å². The number of esters is 1. The van der Waals surface area contributed by atoms with E-state index in [9.17, 15) is 19.2 Å². The molecular formula is C25H21Cl2N3O5S. The highest BCUT2D eigenvalue weighted by atomic mass is 35.5. The van der Waals surface area contributed by atoms with Gasteiger partial charge in [0.25, 0.3) is 5.91 Å². The van der Waals surface area contributed by atoms with E-state index in [-0.39, 0.29) is 17.2 Å². The maximum absolute atomic E-state index is 13.1. The minimum absolute atomic E-state index is 0.135. The molecule has 2 N–H and O–H groups in total. The Morgan fingerprint density at radius 2 is 1.78 bits per heavy atom. The lowest BCUT2D eigenvalue weighted by Gasteiger charge is -2.22. The third-order valence-electron chi connectivity index (χ3n) is 5.69. The van der Waals surface area contributed by atoms with Crippen LogP contribution in [0.15, 0.2) is 53.9 Å². The molecule has 0 radical (unpaired) electrons. The quantitative estimate of drug-likeness (QED) is 0.309. The number of hydrogen-bond acceptors (Lipinski definition) is 6. The summed E-state index contributed by atoms with van der Waals surface area (Å²) in [5.74, 6) is -1.87. The van der Waals surface area contributed by atoms with Gasteiger partial charge >= 0.3 is 12.0 Å². The molecule has 3 aromatic rings. The van der Waals surface area contributed by atoms with Gasteiger partial charge in [0, 0.05) is 26.6 Å². The third kappa shape index (κ3) is 4.82. The number of anilines is 1. The van der Waals surface area contributed by atoms with Crippen molar-refractivity contribution >= 4 is 63.4 Å². The predicted octanol–water partition coefficient (Wildman–Crippen LogP) is 5.30.